The average Bonchev–Trinajstić information content (AvgIpc) is 2.44. The zero-order valence-electron chi connectivity index (χ0n) is 11.2. The van der Waals surface area contributed by atoms with Crippen LogP contribution in [-0.4, -0.2) is 11.5 Å². The summed E-state index contributed by atoms with van der Waals surface area (Å²) in [6.45, 7) is 3.91. The Morgan fingerprint density at radius 3 is 2.80 bits per heavy atom. The van der Waals surface area contributed by atoms with Crippen molar-refractivity contribution in [3.05, 3.63) is 52.4 Å². The van der Waals surface area contributed by atoms with E-state index in [9.17, 15) is 4.39 Å². The van der Waals surface area contributed by atoms with Gasteiger partial charge in [0.15, 0.2) is 0 Å². The first-order valence-electron chi connectivity index (χ1n) is 6.47. The molecule has 2 aromatic rings. The van der Waals surface area contributed by atoms with Crippen molar-refractivity contribution in [2.75, 3.05) is 6.54 Å². The molecular formula is C15H16BrFN2O. The summed E-state index contributed by atoms with van der Waals surface area (Å²) >= 11 is 3.26. The highest BCUT2D eigenvalue weighted by Crippen LogP contribution is 2.29. The van der Waals surface area contributed by atoms with Crippen LogP contribution in [0.3, 0.4) is 0 Å². The Kier molecular flexibility index (Phi) is 5.49. The van der Waals surface area contributed by atoms with Crippen LogP contribution in [0, 0.1) is 5.82 Å². The number of ether oxygens (including phenoxy) is 1. The van der Waals surface area contributed by atoms with E-state index in [4.69, 9.17) is 4.74 Å². The number of nitrogens with one attached hydrogen (secondary N) is 1. The Bertz CT molecular complexity index is 560. The lowest BCUT2D eigenvalue weighted by molar-refractivity contribution is 0.457. The van der Waals surface area contributed by atoms with Crippen molar-refractivity contribution in [3.63, 3.8) is 0 Å². The fraction of sp³-hybridized carbons (Fsp3) is 0.267. The van der Waals surface area contributed by atoms with Crippen molar-refractivity contribution >= 4 is 15.9 Å². The van der Waals surface area contributed by atoms with E-state index in [0.29, 0.717) is 16.1 Å². The van der Waals surface area contributed by atoms with E-state index in [1.165, 1.54) is 12.1 Å². The highest BCUT2D eigenvalue weighted by atomic mass is 79.9. The average molecular weight is 339 g/mol. The Morgan fingerprint density at radius 2 is 2.15 bits per heavy atom. The van der Waals surface area contributed by atoms with E-state index in [1.54, 1.807) is 18.3 Å². The fourth-order valence-corrected chi connectivity index (χ4v) is 2.09. The molecule has 2 rings (SSSR count). The van der Waals surface area contributed by atoms with Crippen LogP contribution in [0.15, 0.2) is 41.0 Å². The van der Waals surface area contributed by atoms with Gasteiger partial charge in [-0.1, -0.05) is 13.0 Å². The molecule has 0 bridgehead atoms. The van der Waals surface area contributed by atoms with Crippen molar-refractivity contribution in [1.29, 1.82) is 0 Å². The predicted molar refractivity (Wildman–Crippen MR) is 80.4 cm³/mol. The van der Waals surface area contributed by atoms with Gasteiger partial charge in [-0.05, 0) is 52.7 Å². The van der Waals surface area contributed by atoms with Gasteiger partial charge in [-0.2, -0.15) is 0 Å². The summed E-state index contributed by atoms with van der Waals surface area (Å²) in [5.74, 6) is 0.710. The minimum absolute atomic E-state index is 0.311. The van der Waals surface area contributed by atoms with Crippen molar-refractivity contribution < 1.29 is 9.13 Å². The highest BCUT2D eigenvalue weighted by Gasteiger charge is 2.05. The summed E-state index contributed by atoms with van der Waals surface area (Å²) in [6.07, 6.45) is 2.88. The van der Waals surface area contributed by atoms with Crippen LogP contribution in [-0.2, 0) is 6.54 Å². The van der Waals surface area contributed by atoms with Crippen molar-refractivity contribution in [2.24, 2.45) is 0 Å². The quantitative estimate of drug-likeness (QED) is 0.798. The van der Waals surface area contributed by atoms with E-state index in [1.807, 2.05) is 6.07 Å². The molecule has 3 nitrogen and oxygen atoms in total. The van der Waals surface area contributed by atoms with Gasteiger partial charge in [0.05, 0.1) is 4.47 Å². The Labute approximate surface area is 126 Å². The zero-order chi connectivity index (χ0) is 14.4. The maximum atomic E-state index is 13.0. The van der Waals surface area contributed by atoms with Crippen LogP contribution in [0.4, 0.5) is 4.39 Å². The minimum Gasteiger partial charge on any atom is -0.438 e. The summed E-state index contributed by atoms with van der Waals surface area (Å²) in [4.78, 5) is 4.24. The topological polar surface area (TPSA) is 34.1 Å². The molecule has 0 amide bonds. The van der Waals surface area contributed by atoms with Gasteiger partial charge >= 0.3 is 0 Å². The lowest BCUT2D eigenvalue weighted by Crippen LogP contribution is -2.13. The second-order valence-electron chi connectivity index (χ2n) is 4.36. The lowest BCUT2D eigenvalue weighted by Gasteiger charge is -2.08. The second kappa shape index (κ2) is 7.36. The number of rotatable bonds is 6. The molecule has 0 aliphatic rings. The van der Waals surface area contributed by atoms with E-state index in [-0.39, 0.29) is 5.82 Å². The number of hydrogen-bond acceptors (Lipinski definition) is 3. The summed E-state index contributed by atoms with van der Waals surface area (Å²) in [5.41, 5.74) is 1.10. The molecule has 0 unspecified atom stereocenters. The van der Waals surface area contributed by atoms with Crippen LogP contribution >= 0.6 is 15.9 Å². The number of aromatic nitrogens is 1. The zero-order valence-corrected chi connectivity index (χ0v) is 12.8. The summed E-state index contributed by atoms with van der Waals surface area (Å²) in [7, 11) is 0. The van der Waals surface area contributed by atoms with E-state index >= 15 is 0 Å². The molecule has 5 heteroatoms. The van der Waals surface area contributed by atoms with Crippen LogP contribution in [0.1, 0.15) is 18.9 Å². The highest BCUT2D eigenvalue weighted by molar-refractivity contribution is 9.10. The van der Waals surface area contributed by atoms with Gasteiger partial charge in [0, 0.05) is 18.8 Å². The summed E-state index contributed by atoms with van der Waals surface area (Å²) in [6, 6.07) is 8.04. The molecule has 0 radical (unpaired) electrons. The molecule has 0 aliphatic heterocycles. The molecular weight excluding hydrogens is 323 g/mol. The fourth-order valence-electron chi connectivity index (χ4n) is 1.66. The molecule has 1 aromatic carbocycles. The minimum atomic E-state index is -0.311. The number of hydrogen-bond donors (Lipinski definition) is 1. The van der Waals surface area contributed by atoms with E-state index in [0.717, 1.165) is 25.1 Å². The Hall–Kier alpha value is -1.46. The smallest absolute Gasteiger partial charge is 0.219 e. The standard InChI is InChI=1S/C15H16BrFN2O/c1-2-7-18-9-11-3-6-15(19-10-11)20-14-5-4-12(17)8-13(14)16/h3-6,8,10,18H,2,7,9H2,1H3. The number of halogens is 2. The molecule has 0 fully saturated rings. The third-order valence-electron chi connectivity index (χ3n) is 2.66. The van der Waals surface area contributed by atoms with Gasteiger partial charge in [-0.3, -0.25) is 0 Å². The van der Waals surface area contributed by atoms with Crippen LogP contribution in [0.25, 0.3) is 0 Å². The van der Waals surface area contributed by atoms with Crippen molar-refractivity contribution in [2.45, 2.75) is 19.9 Å². The third-order valence-corrected chi connectivity index (χ3v) is 3.28. The van der Waals surface area contributed by atoms with Gasteiger partial charge in [-0.25, -0.2) is 9.37 Å². The van der Waals surface area contributed by atoms with Gasteiger partial charge < -0.3 is 10.1 Å². The first-order chi connectivity index (χ1) is 9.69. The van der Waals surface area contributed by atoms with Crippen LogP contribution < -0.4 is 10.1 Å². The van der Waals surface area contributed by atoms with E-state index in [2.05, 4.69) is 33.2 Å². The van der Waals surface area contributed by atoms with Crippen LogP contribution in [0.2, 0.25) is 0 Å². The molecule has 1 aromatic heterocycles. The molecule has 0 atom stereocenters. The second-order valence-corrected chi connectivity index (χ2v) is 5.21. The molecule has 0 saturated carbocycles. The van der Waals surface area contributed by atoms with Crippen LogP contribution in [0.5, 0.6) is 11.6 Å². The maximum Gasteiger partial charge on any atom is 0.219 e. The van der Waals surface area contributed by atoms with Gasteiger partial charge in [0.1, 0.15) is 11.6 Å². The van der Waals surface area contributed by atoms with Crippen molar-refractivity contribution in [1.82, 2.24) is 10.3 Å². The summed E-state index contributed by atoms with van der Waals surface area (Å²) < 4.78 is 19.1. The molecule has 1 N–H and O–H groups in total. The Morgan fingerprint density at radius 1 is 1.30 bits per heavy atom. The van der Waals surface area contributed by atoms with E-state index < -0.39 is 0 Å². The third kappa shape index (κ3) is 4.28. The molecule has 0 saturated heterocycles. The normalized spacial score (nSPS) is 10.6. The van der Waals surface area contributed by atoms with Gasteiger partial charge in [-0.15, -0.1) is 0 Å². The van der Waals surface area contributed by atoms with Crippen molar-refractivity contribution in [3.8, 4) is 11.6 Å². The first-order valence-corrected chi connectivity index (χ1v) is 7.27. The Balaban J connectivity index is 1.99. The molecule has 0 spiro atoms. The lowest BCUT2D eigenvalue weighted by atomic mass is 10.3. The number of benzene rings is 1. The first kappa shape index (κ1) is 14.9. The number of nitrogens with zero attached hydrogens (tertiary/aromatic N) is 1. The maximum absolute atomic E-state index is 13.0. The van der Waals surface area contributed by atoms with Gasteiger partial charge in [0.25, 0.3) is 0 Å². The summed E-state index contributed by atoms with van der Waals surface area (Å²) in [5, 5.41) is 3.31. The monoisotopic (exact) mass is 338 g/mol. The molecule has 0 aliphatic carbocycles. The molecule has 20 heavy (non-hydrogen) atoms. The molecule has 1 heterocycles. The predicted octanol–water partition coefficient (Wildman–Crippen LogP) is 4.28. The molecule has 106 valence electrons. The van der Waals surface area contributed by atoms with Gasteiger partial charge in [0.2, 0.25) is 5.88 Å². The largest absolute Gasteiger partial charge is 0.438 e. The number of pyridine rings is 1. The SMILES string of the molecule is CCCNCc1ccc(Oc2ccc(F)cc2Br)nc1.